The van der Waals surface area contributed by atoms with Crippen molar-refractivity contribution in [2.45, 2.75) is 25.7 Å². The van der Waals surface area contributed by atoms with Crippen molar-refractivity contribution in [1.29, 1.82) is 0 Å². The molecule has 1 heterocycles. The van der Waals surface area contributed by atoms with Crippen molar-refractivity contribution in [2.75, 3.05) is 16.8 Å². The van der Waals surface area contributed by atoms with Gasteiger partial charge in [-0.1, -0.05) is 17.7 Å². The number of carbonyl (C=O) groups is 2. The second-order valence-electron chi connectivity index (χ2n) is 7.09. The fourth-order valence-corrected chi connectivity index (χ4v) is 3.69. The lowest BCUT2D eigenvalue weighted by Gasteiger charge is -2.30. The van der Waals surface area contributed by atoms with Crippen LogP contribution >= 0.6 is 11.6 Å². The van der Waals surface area contributed by atoms with E-state index in [1.165, 1.54) is 12.1 Å². The number of nitro benzene ring substituents is 1. The first kappa shape index (κ1) is 18.4. The zero-order valence-electron chi connectivity index (χ0n) is 15.0. The third-order valence-corrected chi connectivity index (χ3v) is 5.38. The summed E-state index contributed by atoms with van der Waals surface area (Å²) in [4.78, 5) is 37.2. The zero-order chi connectivity index (χ0) is 19.8. The highest BCUT2D eigenvalue weighted by Crippen LogP contribution is 2.37. The SMILES string of the molecule is O=C(Nc1ccc2c(c1)N(C(=O)C1CC1)CCC2)c1ccc([N+](=O)[O-])cc1Cl. The van der Waals surface area contributed by atoms with Crippen molar-refractivity contribution in [1.82, 2.24) is 0 Å². The predicted molar refractivity (Wildman–Crippen MR) is 106 cm³/mol. The van der Waals surface area contributed by atoms with Gasteiger partial charge in [-0.2, -0.15) is 0 Å². The van der Waals surface area contributed by atoms with Crippen LogP contribution in [0.4, 0.5) is 17.1 Å². The quantitative estimate of drug-likeness (QED) is 0.616. The second kappa shape index (κ2) is 7.24. The van der Waals surface area contributed by atoms with Crippen LogP contribution in [0.3, 0.4) is 0 Å². The monoisotopic (exact) mass is 399 g/mol. The number of benzene rings is 2. The van der Waals surface area contributed by atoms with Crippen LogP contribution in [0.1, 0.15) is 35.2 Å². The van der Waals surface area contributed by atoms with Gasteiger partial charge in [0.05, 0.1) is 15.5 Å². The summed E-state index contributed by atoms with van der Waals surface area (Å²) in [6.07, 6.45) is 3.71. The third-order valence-electron chi connectivity index (χ3n) is 5.06. The highest BCUT2D eigenvalue weighted by Gasteiger charge is 2.35. The minimum atomic E-state index is -0.567. The van der Waals surface area contributed by atoms with Gasteiger partial charge in [-0.05, 0) is 49.4 Å². The maximum absolute atomic E-state index is 12.6. The molecule has 7 nitrogen and oxygen atoms in total. The van der Waals surface area contributed by atoms with Gasteiger partial charge in [-0.3, -0.25) is 19.7 Å². The molecule has 0 radical (unpaired) electrons. The van der Waals surface area contributed by atoms with E-state index in [-0.39, 0.29) is 28.1 Å². The molecule has 2 aromatic rings. The van der Waals surface area contributed by atoms with Crippen molar-refractivity contribution < 1.29 is 14.5 Å². The Morgan fingerprint density at radius 1 is 1.18 bits per heavy atom. The molecule has 0 aromatic heterocycles. The van der Waals surface area contributed by atoms with Gasteiger partial charge in [-0.25, -0.2) is 0 Å². The summed E-state index contributed by atoms with van der Waals surface area (Å²) in [5.41, 5.74) is 2.46. The molecule has 4 rings (SSSR count). The summed E-state index contributed by atoms with van der Waals surface area (Å²) in [6, 6.07) is 9.25. The van der Waals surface area contributed by atoms with Gasteiger partial charge in [-0.15, -0.1) is 0 Å². The summed E-state index contributed by atoms with van der Waals surface area (Å²) in [7, 11) is 0. The number of nitro groups is 1. The first-order chi connectivity index (χ1) is 13.4. The first-order valence-electron chi connectivity index (χ1n) is 9.13. The van der Waals surface area contributed by atoms with Crippen LogP contribution in [-0.2, 0) is 11.2 Å². The summed E-state index contributed by atoms with van der Waals surface area (Å²) in [6.45, 7) is 0.688. The van der Waals surface area contributed by atoms with Crippen LogP contribution in [0, 0.1) is 16.0 Å². The molecule has 1 fully saturated rings. The van der Waals surface area contributed by atoms with Crippen LogP contribution in [0.2, 0.25) is 5.02 Å². The third kappa shape index (κ3) is 3.57. The molecule has 144 valence electrons. The summed E-state index contributed by atoms with van der Waals surface area (Å²) < 4.78 is 0. The zero-order valence-corrected chi connectivity index (χ0v) is 15.7. The van der Waals surface area contributed by atoms with E-state index in [4.69, 9.17) is 11.6 Å². The maximum Gasteiger partial charge on any atom is 0.270 e. The molecule has 0 unspecified atom stereocenters. The van der Waals surface area contributed by atoms with Crippen LogP contribution < -0.4 is 10.2 Å². The number of fused-ring (bicyclic) bond motifs is 1. The largest absolute Gasteiger partial charge is 0.322 e. The molecule has 8 heteroatoms. The lowest BCUT2D eigenvalue weighted by Crippen LogP contribution is -2.36. The van der Waals surface area contributed by atoms with Gasteiger partial charge in [0.2, 0.25) is 5.91 Å². The molecule has 0 bridgehead atoms. The number of non-ortho nitro benzene ring substituents is 1. The lowest BCUT2D eigenvalue weighted by molar-refractivity contribution is -0.384. The van der Waals surface area contributed by atoms with E-state index in [1.807, 2.05) is 17.0 Å². The normalized spacial score (nSPS) is 15.7. The van der Waals surface area contributed by atoms with E-state index in [2.05, 4.69) is 5.32 Å². The highest BCUT2D eigenvalue weighted by atomic mass is 35.5. The van der Waals surface area contributed by atoms with Crippen LogP contribution in [0.15, 0.2) is 36.4 Å². The standard InChI is InChI=1S/C20H18ClN3O4/c21-17-11-15(24(27)28)7-8-16(17)19(25)22-14-6-5-12-2-1-9-23(18(12)10-14)20(26)13-3-4-13/h5-8,10-11,13H,1-4,9H2,(H,22,25). The number of hydrogen-bond acceptors (Lipinski definition) is 4. The van der Waals surface area contributed by atoms with Crippen LogP contribution in [0.25, 0.3) is 0 Å². The Hall–Kier alpha value is -2.93. The molecule has 1 aliphatic carbocycles. The Labute approximate surface area is 166 Å². The number of carbonyl (C=O) groups excluding carboxylic acids is 2. The summed E-state index contributed by atoms with van der Waals surface area (Å²) >= 11 is 6.04. The number of halogens is 1. The number of anilines is 2. The average Bonchev–Trinajstić information content (AvgIpc) is 3.52. The molecule has 1 aliphatic heterocycles. The maximum atomic E-state index is 12.6. The van der Waals surface area contributed by atoms with Crippen molar-refractivity contribution in [2.24, 2.45) is 5.92 Å². The minimum Gasteiger partial charge on any atom is -0.322 e. The fraction of sp³-hybridized carbons (Fsp3) is 0.300. The van der Waals surface area contributed by atoms with E-state index < -0.39 is 10.8 Å². The van der Waals surface area contributed by atoms with E-state index in [0.29, 0.717) is 12.2 Å². The van der Waals surface area contributed by atoms with Gasteiger partial charge in [0, 0.05) is 36.0 Å². The van der Waals surface area contributed by atoms with E-state index in [0.717, 1.165) is 43.0 Å². The van der Waals surface area contributed by atoms with Gasteiger partial charge in [0.25, 0.3) is 11.6 Å². The number of aryl methyl sites for hydroxylation is 1. The van der Waals surface area contributed by atoms with Crippen molar-refractivity contribution >= 4 is 40.5 Å². The molecular weight excluding hydrogens is 382 g/mol. The second-order valence-corrected chi connectivity index (χ2v) is 7.49. The van der Waals surface area contributed by atoms with Crippen LogP contribution in [0.5, 0.6) is 0 Å². The number of nitrogens with zero attached hydrogens (tertiary/aromatic N) is 2. The Kier molecular flexibility index (Phi) is 4.77. The Balaban J connectivity index is 1.57. The smallest absolute Gasteiger partial charge is 0.270 e. The first-order valence-corrected chi connectivity index (χ1v) is 9.51. The molecule has 0 atom stereocenters. The molecule has 0 saturated heterocycles. The molecule has 2 aromatic carbocycles. The topological polar surface area (TPSA) is 92.6 Å². The minimum absolute atomic E-state index is 0.00944. The molecule has 2 amide bonds. The van der Waals surface area contributed by atoms with E-state index in [9.17, 15) is 19.7 Å². The number of amides is 2. The van der Waals surface area contributed by atoms with Gasteiger partial charge < -0.3 is 10.2 Å². The Morgan fingerprint density at radius 3 is 2.64 bits per heavy atom. The Bertz CT molecular complexity index is 987. The molecular formula is C20H18ClN3O4. The van der Waals surface area contributed by atoms with Crippen molar-refractivity contribution in [3.63, 3.8) is 0 Å². The molecule has 28 heavy (non-hydrogen) atoms. The molecule has 1 N–H and O–H groups in total. The molecule has 0 spiro atoms. The number of hydrogen-bond donors (Lipinski definition) is 1. The summed E-state index contributed by atoms with van der Waals surface area (Å²) in [5.74, 6) is -0.179. The van der Waals surface area contributed by atoms with Crippen LogP contribution in [-0.4, -0.2) is 23.3 Å². The lowest BCUT2D eigenvalue weighted by atomic mass is 10.0. The van der Waals surface area contributed by atoms with Crippen molar-refractivity contribution in [3.8, 4) is 0 Å². The highest BCUT2D eigenvalue weighted by molar-refractivity contribution is 6.34. The average molecular weight is 400 g/mol. The van der Waals surface area contributed by atoms with Crippen molar-refractivity contribution in [3.05, 3.63) is 62.7 Å². The molecule has 1 saturated carbocycles. The predicted octanol–water partition coefficient (Wildman–Crippen LogP) is 4.19. The molecule has 2 aliphatic rings. The number of nitrogens with one attached hydrogen (secondary N) is 1. The Morgan fingerprint density at radius 2 is 1.96 bits per heavy atom. The van der Waals surface area contributed by atoms with Gasteiger partial charge >= 0.3 is 0 Å². The van der Waals surface area contributed by atoms with Gasteiger partial charge in [0.15, 0.2) is 0 Å². The number of rotatable bonds is 4. The summed E-state index contributed by atoms with van der Waals surface area (Å²) in [5, 5.41) is 13.6. The van der Waals surface area contributed by atoms with E-state index in [1.54, 1.807) is 6.07 Å². The van der Waals surface area contributed by atoms with Gasteiger partial charge in [0.1, 0.15) is 0 Å². The van der Waals surface area contributed by atoms with E-state index >= 15 is 0 Å². The fourth-order valence-electron chi connectivity index (χ4n) is 3.43.